The highest BCUT2D eigenvalue weighted by molar-refractivity contribution is 5.74. The molecular formula is C26H46N4O9. The number of hydrogen-bond donors (Lipinski definition) is 4. The van der Waals surface area contributed by atoms with Crippen LogP contribution in [0.1, 0.15) is 81.6 Å². The van der Waals surface area contributed by atoms with Crippen LogP contribution in [-0.2, 0) is 23.8 Å². The summed E-state index contributed by atoms with van der Waals surface area (Å²) in [5.41, 5.74) is -0.422. The molecule has 0 saturated heterocycles. The number of nitrogens with zero attached hydrogens (tertiary/aromatic N) is 1. The van der Waals surface area contributed by atoms with Crippen LogP contribution in [0.2, 0.25) is 0 Å². The van der Waals surface area contributed by atoms with Gasteiger partial charge in [0.25, 0.3) is 6.34 Å². The van der Waals surface area contributed by atoms with Crippen molar-refractivity contribution in [1.82, 2.24) is 16.1 Å². The molecule has 39 heavy (non-hydrogen) atoms. The van der Waals surface area contributed by atoms with Gasteiger partial charge in [-0.25, -0.2) is 4.79 Å². The van der Waals surface area contributed by atoms with E-state index in [-0.39, 0.29) is 6.42 Å². The minimum atomic E-state index is -1.45. The van der Waals surface area contributed by atoms with Gasteiger partial charge in [0.1, 0.15) is 17.2 Å². The van der Waals surface area contributed by atoms with Crippen molar-refractivity contribution in [3.05, 3.63) is 0 Å². The molecule has 1 aliphatic rings. The number of hydrazine groups is 1. The van der Waals surface area contributed by atoms with Gasteiger partial charge in [-0.15, -0.1) is 5.43 Å². The van der Waals surface area contributed by atoms with Gasteiger partial charge in [0.05, 0.1) is 17.7 Å². The van der Waals surface area contributed by atoms with Crippen LogP contribution in [0.15, 0.2) is 0 Å². The van der Waals surface area contributed by atoms with Crippen molar-refractivity contribution in [2.24, 2.45) is 11.8 Å². The van der Waals surface area contributed by atoms with Gasteiger partial charge < -0.3 is 34.5 Å². The number of carbonyl (C=O) groups is 4. The molecule has 13 heteroatoms. The predicted octanol–water partition coefficient (Wildman–Crippen LogP) is 0.817. The number of carboxylic acids is 1. The molecule has 1 rings (SSSR count). The lowest BCUT2D eigenvalue weighted by atomic mass is 9.78. The van der Waals surface area contributed by atoms with Gasteiger partial charge in [-0.05, 0) is 61.3 Å². The van der Waals surface area contributed by atoms with Crippen LogP contribution in [-0.4, -0.2) is 82.3 Å². The predicted molar refractivity (Wildman–Crippen MR) is 139 cm³/mol. The van der Waals surface area contributed by atoms with Crippen molar-refractivity contribution in [3.63, 3.8) is 0 Å². The van der Waals surface area contributed by atoms with E-state index >= 15 is 0 Å². The van der Waals surface area contributed by atoms with Crippen LogP contribution < -0.4 is 21.2 Å². The molecule has 6 atom stereocenters. The molecule has 0 heterocycles. The second kappa shape index (κ2) is 13.4. The van der Waals surface area contributed by atoms with E-state index in [4.69, 9.17) is 14.2 Å². The molecule has 0 radical (unpaired) electrons. The molecule has 224 valence electrons. The normalized spacial score (nSPS) is 24.2. The van der Waals surface area contributed by atoms with Crippen LogP contribution >= 0.6 is 0 Å². The Balaban J connectivity index is 3.52. The molecule has 0 spiro atoms. The number of aliphatic carboxylic acids is 1. The van der Waals surface area contributed by atoms with E-state index < -0.39 is 70.9 Å². The minimum absolute atomic E-state index is 0.0960. The summed E-state index contributed by atoms with van der Waals surface area (Å²) >= 11 is 0. The van der Waals surface area contributed by atoms with Gasteiger partial charge >= 0.3 is 12.2 Å². The van der Waals surface area contributed by atoms with Crippen molar-refractivity contribution in [2.45, 2.75) is 117 Å². The third-order valence-electron chi connectivity index (χ3n) is 6.31. The first-order valence-corrected chi connectivity index (χ1v) is 13.1. The van der Waals surface area contributed by atoms with Gasteiger partial charge in [0.15, 0.2) is 0 Å². The fourth-order valence-corrected chi connectivity index (χ4v) is 4.69. The van der Waals surface area contributed by atoms with E-state index in [1.807, 2.05) is 6.92 Å². The number of rotatable bonds is 9. The van der Waals surface area contributed by atoms with E-state index in [1.165, 1.54) is 14.0 Å². The Bertz CT molecular complexity index is 925. The first-order valence-electron chi connectivity index (χ1n) is 13.1. The maximum absolute atomic E-state index is 12.9. The number of aliphatic hydroxyl groups excluding tert-OH is 1. The van der Waals surface area contributed by atoms with Crippen molar-refractivity contribution in [1.29, 1.82) is 0 Å². The van der Waals surface area contributed by atoms with Crippen molar-refractivity contribution < 1.29 is 48.3 Å². The standard InChI is InChI=1S/C26H46N4O9/c1-11-12-26(9,37-10)20(28-15(2)31)18-17(13-16(19(18)32)21(33)34)27-14-30(23(36)39-25(6,7)8)29-22(35)38-24(3,4)5/h14,16-20,32H,11-13H2,1-10H3,(H3,28,29,31,33,34,35). The van der Waals surface area contributed by atoms with E-state index in [1.54, 1.807) is 48.5 Å². The largest absolute Gasteiger partial charge is 0.550 e. The first-order chi connectivity index (χ1) is 17.7. The molecule has 0 aromatic carbocycles. The molecule has 4 N–H and O–H groups in total. The van der Waals surface area contributed by atoms with E-state index in [2.05, 4.69) is 16.1 Å². The van der Waals surface area contributed by atoms with Crippen molar-refractivity contribution in [2.75, 3.05) is 7.11 Å². The van der Waals surface area contributed by atoms with Crippen molar-refractivity contribution >= 4 is 30.4 Å². The topological polar surface area (TPSA) is 178 Å². The SMILES string of the molecule is CCCC(C)(OC)C(NC(C)=O)C1C(NC=[N+](NC(=O)OC(C)(C)C)C(=O)OC(C)(C)C)CC(C(=O)[O-])C1O. The Morgan fingerprint density at radius 3 is 2.08 bits per heavy atom. The summed E-state index contributed by atoms with van der Waals surface area (Å²) in [4.78, 5) is 49.4. The minimum Gasteiger partial charge on any atom is -0.550 e. The number of aliphatic hydroxyl groups is 1. The summed E-state index contributed by atoms with van der Waals surface area (Å²) in [6, 6.07) is -1.62. The Kier molecular flexibility index (Phi) is 11.7. The van der Waals surface area contributed by atoms with Crippen LogP contribution in [0.4, 0.5) is 9.59 Å². The highest BCUT2D eigenvalue weighted by Gasteiger charge is 2.54. The Morgan fingerprint density at radius 2 is 1.64 bits per heavy atom. The maximum atomic E-state index is 12.9. The lowest BCUT2D eigenvalue weighted by Gasteiger charge is -2.42. The molecule has 1 aliphatic carbocycles. The average molecular weight is 559 g/mol. The summed E-state index contributed by atoms with van der Waals surface area (Å²) < 4.78 is 17.1. The number of methoxy groups -OCH3 is 1. The molecule has 1 saturated carbocycles. The number of hydrogen-bond acceptors (Lipinski definition) is 9. The quantitative estimate of drug-likeness (QED) is 0.137. The van der Waals surface area contributed by atoms with E-state index in [9.17, 15) is 29.4 Å². The third kappa shape index (κ3) is 10.3. The summed E-state index contributed by atoms with van der Waals surface area (Å²) in [6.07, 6.45) is -1.11. The number of carbonyl (C=O) groups excluding carboxylic acids is 4. The summed E-state index contributed by atoms with van der Waals surface area (Å²) in [5.74, 6) is -4.00. The number of hydrazone groups is 1. The summed E-state index contributed by atoms with van der Waals surface area (Å²) in [7, 11) is 1.48. The highest BCUT2D eigenvalue weighted by Crippen LogP contribution is 2.39. The van der Waals surface area contributed by atoms with E-state index in [0.717, 1.165) is 11.0 Å². The molecule has 1 fully saturated rings. The number of ether oxygens (including phenoxy) is 3. The monoisotopic (exact) mass is 558 g/mol. The molecule has 0 aromatic rings. The first kappa shape index (κ1) is 34.1. The van der Waals surface area contributed by atoms with Gasteiger partial charge in [0, 0.05) is 31.8 Å². The number of amides is 3. The molecule has 6 unspecified atom stereocenters. The Labute approximate surface area is 230 Å². The second-order valence-electron chi connectivity index (χ2n) is 12.0. The summed E-state index contributed by atoms with van der Waals surface area (Å²) in [5, 5.41) is 28.8. The molecule has 13 nitrogen and oxygen atoms in total. The van der Waals surface area contributed by atoms with Gasteiger partial charge in [-0.3, -0.25) is 10.1 Å². The van der Waals surface area contributed by atoms with Gasteiger partial charge in [-0.1, -0.05) is 18.0 Å². The average Bonchev–Trinajstić information content (AvgIpc) is 3.08. The lowest BCUT2D eigenvalue weighted by Crippen LogP contribution is -2.61. The van der Waals surface area contributed by atoms with Crippen LogP contribution in [0, 0.1) is 11.8 Å². The van der Waals surface area contributed by atoms with E-state index in [0.29, 0.717) is 12.8 Å². The zero-order chi connectivity index (χ0) is 30.3. The highest BCUT2D eigenvalue weighted by atomic mass is 16.6. The fraction of sp³-hybridized carbons (Fsp3) is 0.808. The summed E-state index contributed by atoms with van der Waals surface area (Å²) in [6.45, 7) is 14.9. The van der Waals surface area contributed by atoms with Crippen molar-refractivity contribution in [3.8, 4) is 0 Å². The van der Waals surface area contributed by atoms with Gasteiger partial charge in [0.2, 0.25) is 5.91 Å². The Morgan fingerprint density at radius 1 is 1.08 bits per heavy atom. The molecule has 0 aromatic heterocycles. The fourth-order valence-electron chi connectivity index (χ4n) is 4.69. The van der Waals surface area contributed by atoms with Crippen LogP contribution in [0.3, 0.4) is 0 Å². The van der Waals surface area contributed by atoms with Gasteiger partial charge in [-0.2, -0.15) is 4.79 Å². The lowest BCUT2D eigenvalue weighted by molar-refractivity contribution is -0.497. The molecule has 0 bridgehead atoms. The molecule has 3 amide bonds. The Hall–Kier alpha value is -2.93. The second-order valence-corrected chi connectivity index (χ2v) is 12.0. The number of nitrogens with one attached hydrogen (secondary N) is 3. The third-order valence-corrected chi connectivity index (χ3v) is 6.31. The molecule has 0 aliphatic heterocycles. The maximum Gasteiger partial charge on any atom is 0.531 e. The zero-order valence-corrected chi connectivity index (χ0v) is 24.7. The van der Waals surface area contributed by atoms with Crippen LogP contribution in [0.5, 0.6) is 0 Å². The number of carboxylic acid groups (broad SMARTS) is 1. The van der Waals surface area contributed by atoms with Crippen LogP contribution in [0.25, 0.3) is 0 Å². The smallest absolute Gasteiger partial charge is 0.531 e. The molecular weight excluding hydrogens is 512 g/mol. The zero-order valence-electron chi connectivity index (χ0n) is 24.7.